The number of rotatable bonds is 5. The molecule has 22 heavy (non-hydrogen) atoms. The molecule has 1 unspecified atom stereocenters. The van der Waals surface area contributed by atoms with Crippen molar-refractivity contribution in [3.63, 3.8) is 0 Å². The third kappa shape index (κ3) is 2.98. The largest absolute Gasteiger partial charge is 0.354 e. The molecule has 2 fully saturated rings. The van der Waals surface area contributed by atoms with Crippen molar-refractivity contribution in [3.8, 4) is 0 Å². The van der Waals surface area contributed by atoms with Gasteiger partial charge in [-0.05, 0) is 30.0 Å². The van der Waals surface area contributed by atoms with Gasteiger partial charge in [-0.2, -0.15) is 11.8 Å². The van der Waals surface area contributed by atoms with E-state index in [1.165, 1.54) is 4.88 Å². The van der Waals surface area contributed by atoms with Crippen molar-refractivity contribution in [1.29, 1.82) is 0 Å². The molecule has 3 rings (SSSR count). The number of nitrogens with zero attached hydrogens (tertiary/aromatic N) is 1. The van der Waals surface area contributed by atoms with Crippen molar-refractivity contribution in [2.24, 2.45) is 0 Å². The fraction of sp³-hybridized carbons (Fsp3) is 0.500. The molecule has 0 radical (unpaired) electrons. The van der Waals surface area contributed by atoms with Crippen molar-refractivity contribution in [2.45, 2.75) is 18.4 Å². The molecule has 2 aliphatic rings. The summed E-state index contributed by atoms with van der Waals surface area (Å²) in [6, 6.07) is 3.52. The number of amides is 4. The number of hydrogen-bond donors (Lipinski definition) is 2. The zero-order chi connectivity index (χ0) is 15.6. The van der Waals surface area contributed by atoms with Gasteiger partial charge in [0, 0.05) is 17.2 Å². The first kappa shape index (κ1) is 15.4. The zero-order valence-electron chi connectivity index (χ0n) is 12.0. The Morgan fingerprint density at radius 3 is 3.00 bits per heavy atom. The van der Waals surface area contributed by atoms with E-state index >= 15 is 0 Å². The van der Waals surface area contributed by atoms with Crippen LogP contribution in [-0.4, -0.2) is 52.9 Å². The van der Waals surface area contributed by atoms with E-state index in [2.05, 4.69) is 10.6 Å². The molecular weight excluding hydrogens is 322 g/mol. The average molecular weight is 339 g/mol. The first-order chi connectivity index (χ1) is 10.6. The summed E-state index contributed by atoms with van der Waals surface area (Å²) >= 11 is 3.29. The summed E-state index contributed by atoms with van der Waals surface area (Å²) in [5, 5.41) is 7.50. The average Bonchev–Trinajstić information content (AvgIpc) is 3.19. The summed E-state index contributed by atoms with van der Waals surface area (Å²) in [6.07, 6.45) is 1.39. The highest BCUT2D eigenvalue weighted by Crippen LogP contribution is 2.33. The smallest absolute Gasteiger partial charge is 0.325 e. The van der Waals surface area contributed by atoms with Crippen LogP contribution in [0.5, 0.6) is 0 Å². The second kappa shape index (κ2) is 6.29. The van der Waals surface area contributed by atoms with E-state index in [0.717, 1.165) is 17.1 Å². The summed E-state index contributed by atoms with van der Waals surface area (Å²) in [5.41, 5.74) is -0.779. The Balaban J connectivity index is 1.50. The lowest BCUT2D eigenvalue weighted by Crippen LogP contribution is -2.47. The Labute approximate surface area is 136 Å². The fourth-order valence-electron chi connectivity index (χ4n) is 2.63. The number of carbonyl (C=O) groups excluding carboxylic acids is 3. The van der Waals surface area contributed by atoms with Gasteiger partial charge in [0.05, 0.1) is 0 Å². The molecule has 8 heteroatoms. The molecule has 118 valence electrons. The van der Waals surface area contributed by atoms with Crippen LogP contribution in [0.3, 0.4) is 0 Å². The van der Waals surface area contributed by atoms with Gasteiger partial charge in [0.25, 0.3) is 5.91 Å². The normalized spacial score (nSPS) is 24.1. The zero-order valence-corrected chi connectivity index (χ0v) is 13.6. The topological polar surface area (TPSA) is 78.5 Å². The van der Waals surface area contributed by atoms with E-state index in [-0.39, 0.29) is 18.4 Å². The molecule has 2 N–H and O–H groups in total. The van der Waals surface area contributed by atoms with Gasteiger partial charge in [-0.25, -0.2) is 4.79 Å². The molecule has 3 heterocycles. The standard InChI is InChI=1S/C14H17N3O3S2/c18-11(15-5-3-10-2-1-6-22-10)8-17-12(19)14(16-13(17)20)4-7-21-9-14/h1-2,6H,3-5,7-9H2,(H,15,18)(H,16,20). The van der Waals surface area contributed by atoms with Crippen LogP contribution in [0, 0.1) is 0 Å². The summed E-state index contributed by atoms with van der Waals surface area (Å²) < 4.78 is 0. The van der Waals surface area contributed by atoms with Gasteiger partial charge in [-0.3, -0.25) is 14.5 Å². The number of imide groups is 1. The number of thioether (sulfide) groups is 1. The summed E-state index contributed by atoms with van der Waals surface area (Å²) in [5.74, 6) is 0.875. The Bertz CT molecular complexity index is 582. The van der Waals surface area contributed by atoms with Crippen LogP contribution < -0.4 is 10.6 Å². The predicted molar refractivity (Wildman–Crippen MR) is 86.0 cm³/mol. The van der Waals surface area contributed by atoms with E-state index in [1.807, 2.05) is 17.5 Å². The molecule has 1 aromatic rings. The van der Waals surface area contributed by atoms with Crippen molar-refractivity contribution >= 4 is 40.9 Å². The number of carbonyl (C=O) groups is 3. The molecule has 2 saturated heterocycles. The lowest BCUT2D eigenvalue weighted by molar-refractivity contribution is -0.134. The van der Waals surface area contributed by atoms with Gasteiger partial charge in [0.1, 0.15) is 12.1 Å². The summed E-state index contributed by atoms with van der Waals surface area (Å²) in [6.45, 7) is 0.297. The van der Waals surface area contributed by atoms with Gasteiger partial charge < -0.3 is 10.6 Å². The van der Waals surface area contributed by atoms with Crippen molar-refractivity contribution in [2.75, 3.05) is 24.6 Å². The molecule has 6 nitrogen and oxygen atoms in total. The number of thiophene rings is 1. The predicted octanol–water partition coefficient (Wildman–Crippen LogP) is 0.834. The minimum atomic E-state index is -0.779. The highest BCUT2D eigenvalue weighted by Gasteiger charge is 2.53. The highest BCUT2D eigenvalue weighted by molar-refractivity contribution is 7.99. The lowest BCUT2D eigenvalue weighted by atomic mass is 9.99. The molecule has 0 aliphatic carbocycles. The van der Waals surface area contributed by atoms with Crippen LogP contribution in [0.2, 0.25) is 0 Å². The second-order valence-electron chi connectivity index (χ2n) is 5.39. The maximum atomic E-state index is 12.4. The Hall–Kier alpha value is -1.54. The van der Waals surface area contributed by atoms with Gasteiger partial charge in [0.15, 0.2) is 0 Å². The van der Waals surface area contributed by atoms with E-state index < -0.39 is 11.6 Å². The monoisotopic (exact) mass is 339 g/mol. The van der Waals surface area contributed by atoms with E-state index in [4.69, 9.17) is 0 Å². The van der Waals surface area contributed by atoms with Gasteiger partial charge in [-0.1, -0.05) is 6.07 Å². The number of urea groups is 1. The number of nitrogens with one attached hydrogen (secondary N) is 2. The Morgan fingerprint density at radius 2 is 2.32 bits per heavy atom. The molecule has 1 atom stereocenters. The van der Waals surface area contributed by atoms with Crippen LogP contribution >= 0.6 is 23.1 Å². The Kier molecular flexibility index (Phi) is 4.39. The summed E-state index contributed by atoms with van der Waals surface area (Å²) in [7, 11) is 0. The molecule has 0 bridgehead atoms. The lowest BCUT2D eigenvalue weighted by Gasteiger charge is -2.19. The third-order valence-electron chi connectivity index (χ3n) is 3.84. The number of hydrogen-bond acceptors (Lipinski definition) is 5. The second-order valence-corrected chi connectivity index (χ2v) is 7.52. The maximum Gasteiger partial charge on any atom is 0.325 e. The van der Waals surface area contributed by atoms with Crippen molar-refractivity contribution < 1.29 is 14.4 Å². The van der Waals surface area contributed by atoms with E-state index in [0.29, 0.717) is 18.7 Å². The minimum Gasteiger partial charge on any atom is -0.354 e. The fourth-order valence-corrected chi connectivity index (χ4v) is 4.67. The maximum absolute atomic E-state index is 12.4. The highest BCUT2D eigenvalue weighted by atomic mass is 32.2. The van der Waals surface area contributed by atoms with Gasteiger partial charge in [0.2, 0.25) is 5.91 Å². The van der Waals surface area contributed by atoms with Crippen molar-refractivity contribution in [1.82, 2.24) is 15.5 Å². The SMILES string of the molecule is O=C(CN1C(=O)NC2(CCSC2)C1=O)NCCc1cccs1. The molecular formula is C14H17N3O3S2. The van der Waals surface area contributed by atoms with E-state index in [9.17, 15) is 14.4 Å². The van der Waals surface area contributed by atoms with Crippen LogP contribution in [0.4, 0.5) is 4.79 Å². The van der Waals surface area contributed by atoms with E-state index in [1.54, 1.807) is 23.1 Å². The first-order valence-electron chi connectivity index (χ1n) is 7.12. The molecule has 2 aliphatic heterocycles. The van der Waals surface area contributed by atoms with Crippen LogP contribution in [0.25, 0.3) is 0 Å². The third-order valence-corrected chi connectivity index (χ3v) is 5.97. The molecule has 0 saturated carbocycles. The molecule has 4 amide bonds. The molecule has 1 aromatic heterocycles. The minimum absolute atomic E-state index is 0.207. The van der Waals surface area contributed by atoms with Crippen LogP contribution in [0.1, 0.15) is 11.3 Å². The first-order valence-corrected chi connectivity index (χ1v) is 9.15. The van der Waals surface area contributed by atoms with Crippen LogP contribution in [0.15, 0.2) is 17.5 Å². The van der Waals surface area contributed by atoms with Crippen LogP contribution in [-0.2, 0) is 16.0 Å². The van der Waals surface area contributed by atoms with Crippen molar-refractivity contribution in [3.05, 3.63) is 22.4 Å². The van der Waals surface area contributed by atoms with Gasteiger partial charge >= 0.3 is 6.03 Å². The van der Waals surface area contributed by atoms with Gasteiger partial charge in [-0.15, -0.1) is 11.3 Å². The quantitative estimate of drug-likeness (QED) is 0.779. The molecule has 1 spiro atoms. The Morgan fingerprint density at radius 1 is 1.45 bits per heavy atom. The molecule has 0 aromatic carbocycles. The summed E-state index contributed by atoms with van der Waals surface area (Å²) in [4.78, 5) is 38.5.